The molecule has 0 aliphatic heterocycles. The first-order chi connectivity index (χ1) is 15.0. The standard InChI is InChI=1S/C22H18Br2FN3O3S/c1-12(16-11-14(23)7-8-18(16)26)21(25)22(29)28-19-9-6-13(10-17(19)24)15-4-2-3-5-20(15)32(27,30)31/h2-11H,26H2,1H3,(H,28,29)(H2,27,30,31)/b21-12+. The maximum absolute atomic E-state index is 14.8. The van der Waals surface area contributed by atoms with Crippen molar-refractivity contribution in [2.24, 2.45) is 5.14 Å². The van der Waals surface area contributed by atoms with E-state index in [0.717, 1.165) is 0 Å². The minimum absolute atomic E-state index is 0.0279. The fraction of sp³-hybridized carbons (Fsp3) is 0.0455. The molecule has 3 aromatic rings. The Morgan fingerprint density at radius 1 is 1.03 bits per heavy atom. The van der Waals surface area contributed by atoms with Gasteiger partial charge in [-0.25, -0.2) is 17.9 Å². The van der Waals surface area contributed by atoms with Gasteiger partial charge in [0.15, 0.2) is 5.83 Å². The number of halogens is 3. The van der Waals surface area contributed by atoms with Gasteiger partial charge in [0.25, 0.3) is 5.91 Å². The summed E-state index contributed by atoms with van der Waals surface area (Å²) in [6.07, 6.45) is 0. The molecule has 0 aliphatic carbocycles. The molecule has 0 aliphatic rings. The molecule has 32 heavy (non-hydrogen) atoms. The number of carbonyl (C=O) groups is 1. The third-order valence-electron chi connectivity index (χ3n) is 4.67. The zero-order valence-electron chi connectivity index (χ0n) is 16.7. The van der Waals surface area contributed by atoms with Gasteiger partial charge in [-0.1, -0.05) is 40.2 Å². The van der Waals surface area contributed by atoms with Crippen LogP contribution in [0.1, 0.15) is 12.5 Å². The summed E-state index contributed by atoms with van der Waals surface area (Å²) in [6, 6.07) is 16.0. The number of sulfonamides is 1. The van der Waals surface area contributed by atoms with Gasteiger partial charge >= 0.3 is 0 Å². The summed E-state index contributed by atoms with van der Waals surface area (Å²) >= 11 is 6.64. The quantitative estimate of drug-likeness (QED) is 0.274. The number of amides is 1. The first kappa shape index (κ1) is 24.1. The average molecular weight is 583 g/mol. The van der Waals surface area contributed by atoms with E-state index in [9.17, 15) is 17.6 Å². The highest BCUT2D eigenvalue weighted by atomic mass is 79.9. The zero-order chi connectivity index (χ0) is 23.6. The van der Waals surface area contributed by atoms with Gasteiger partial charge in [-0.2, -0.15) is 0 Å². The molecule has 3 aromatic carbocycles. The molecule has 0 atom stereocenters. The summed E-state index contributed by atoms with van der Waals surface area (Å²) in [5, 5.41) is 7.81. The molecule has 5 N–H and O–H groups in total. The van der Waals surface area contributed by atoms with Crippen LogP contribution in [0, 0.1) is 0 Å². The highest BCUT2D eigenvalue weighted by molar-refractivity contribution is 9.10. The van der Waals surface area contributed by atoms with Gasteiger partial charge in [0.2, 0.25) is 10.0 Å². The number of benzene rings is 3. The molecule has 0 radical (unpaired) electrons. The van der Waals surface area contributed by atoms with Crippen LogP contribution in [-0.2, 0) is 14.8 Å². The van der Waals surface area contributed by atoms with Crippen LogP contribution in [0.4, 0.5) is 15.8 Å². The smallest absolute Gasteiger partial charge is 0.284 e. The summed E-state index contributed by atoms with van der Waals surface area (Å²) < 4.78 is 39.7. The van der Waals surface area contributed by atoms with Crippen LogP contribution in [0.25, 0.3) is 16.7 Å². The van der Waals surface area contributed by atoms with Crippen LogP contribution < -0.4 is 16.2 Å². The van der Waals surface area contributed by atoms with Crippen molar-refractivity contribution < 1.29 is 17.6 Å². The predicted molar refractivity (Wildman–Crippen MR) is 132 cm³/mol. The lowest BCUT2D eigenvalue weighted by atomic mass is 10.0. The van der Waals surface area contributed by atoms with Crippen LogP contribution >= 0.6 is 31.9 Å². The van der Waals surface area contributed by atoms with Crippen LogP contribution in [0.3, 0.4) is 0 Å². The molecule has 6 nitrogen and oxygen atoms in total. The summed E-state index contributed by atoms with van der Waals surface area (Å²) in [6.45, 7) is 1.47. The van der Waals surface area contributed by atoms with Crippen LogP contribution in [-0.4, -0.2) is 14.3 Å². The maximum Gasteiger partial charge on any atom is 0.284 e. The van der Waals surface area contributed by atoms with Gasteiger partial charge in [0, 0.05) is 25.8 Å². The van der Waals surface area contributed by atoms with E-state index in [4.69, 9.17) is 10.9 Å². The van der Waals surface area contributed by atoms with E-state index < -0.39 is 21.8 Å². The van der Waals surface area contributed by atoms with Gasteiger partial charge in [-0.3, -0.25) is 4.79 Å². The fourth-order valence-electron chi connectivity index (χ4n) is 3.06. The molecule has 0 saturated carbocycles. The van der Waals surface area contributed by atoms with Crippen molar-refractivity contribution in [3.63, 3.8) is 0 Å². The van der Waals surface area contributed by atoms with Crippen molar-refractivity contribution >= 4 is 64.7 Å². The summed E-state index contributed by atoms with van der Waals surface area (Å²) in [5.41, 5.74) is 8.00. The Morgan fingerprint density at radius 3 is 2.38 bits per heavy atom. The summed E-state index contributed by atoms with van der Waals surface area (Å²) in [4.78, 5) is 12.5. The molecular formula is C22H18Br2FN3O3S. The zero-order valence-corrected chi connectivity index (χ0v) is 20.7. The van der Waals surface area contributed by atoms with E-state index >= 15 is 0 Å². The number of carbonyl (C=O) groups excluding carboxylic acids is 1. The van der Waals surface area contributed by atoms with Gasteiger partial charge < -0.3 is 11.1 Å². The first-order valence-electron chi connectivity index (χ1n) is 9.14. The highest BCUT2D eigenvalue weighted by Gasteiger charge is 2.19. The Kier molecular flexibility index (Phi) is 7.19. The molecule has 0 bridgehead atoms. The molecule has 0 saturated heterocycles. The SMILES string of the molecule is C/C(=C(\F)C(=O)Nc1ccc(-c2ccccc2S(N)(=O)=O)cc1Br)c1cc(Br)ccc1N. The van der Waals surface area contributed by atoms with E-state index in [0.29, 0.717) is 37.0 Å². The van der Waals surface area contributed by atoms with Crippen molar-refractivity contribution in [2.45, 2.75) is 11.8 Å². The number of nitrogens with one attached hydrogen (secondary N) is 1. The Bertz CT molecular complexity index is 1360. The lowest BCUT2D eigenvalue weighted by molar-refractivity contribution is -0.114. The Morgan fingerprint density at radius 2 is 1.72 bits per heavy atom. The van der Waals surface area contributed by atoms with E-state index in [-0.39, 0.29) is 10.5 Å². The average Bonchev–Trinajstić information content (AvgIpc) is 2.75. The predicted octanol–water partition coefficient (Wildman–Crippen LogP) is 5.45. The topological polar surface area (TPSA) is 115 Å². The molecule has 0 spiro atoms. The van der Waals surface area contributed by atoms with E-state index in [2.05, 4.69) is 37.2 Å². The number of rotatable bonds is 5. The van der Waals surface area contributed by atoms with Crippen LogP contribution in [0.15, 0.2) is 80.3 Å². The van der Waals surface area contributed by atoms with Crippen molar-refractivity contribution in [2.75, 3.05) is 11.1 Å². The Hall–Kier alpha value is -2.53. The van der Waals surface area contributed by atoms with E-state index in [1.807, 2.05) is 0 Å². The fourth-order valence-corrected chi connectivity index (χ4v) is 4.66. The first-order valence-corrected chi connectivity index (χ1v) is 12.3. The molecular weight excluding hydrogens is 565 g/mol. The molecule has 0 unspecified atom stereocenters. The number of hydrogen-bond donors (Lipinski definition) is 3. The maximum atomic E-state index is 14.8. The van der Waals surface area contributed by atoms with Gasteiger partial charge in [-0.15, -0.1) is 0 Å². The second-order valence-electron chi connectivity index (χ2n) is 6.86. The molecule has 10 heteroatoms. The molecule has 0 fully saturated rings. The van der Waals surface area contributed by atoms with Crippen molar-refractivity contribution in [1.82, 2.24) is 0 Å². The molecule has 1 amide bonds. The van der Waals surface area contributed by atoms with E-state index in [1.165, 1.54) is 19.1 Å². The number of hydrogen-bond acceptors (Lipinski definition) is 4. The minimum Gasteiger partial charge on any atom is -0.398 e. The highest BCUT2D eigenvalue weighted by Crippen LogP contribution is 2.33. The Labute approximate surface area is 201 Å². The van der Waals surface area contributed by atoms with E-state index in [1.54, 1.807) is 48.5 Å². The molecule has 0 heterocycles. The Balaban J connectivity index is 1.92. The normalized spacial score (nSPS) is 12.3. The number of allylic oxidation sites excluding steroid dienone is 1. The number of nitrogens with two attached hydrogens (primary N) is 2. The molecule has 3 rings (SSSR count). The lowest BCUT2D eigenvalue weighted by Crippen LogP contribution is -2.14. The van der Waals surface area contributed by atoms with Crippen molar-refractivity contribution in [3.05, 3.63) is 81.0 Å². The monoisotopic (exact) mass is 581 g/mol. The van der Waals surface area contributed by atoms with Gasteiger partial charge in [0.05, 0.1) is 10.6 Å². The molecule has 0 aromatic heterocycles. The number of anilines is 2. The lowest BCUT2D eigenvalue weighted by Gasteiger charge is -2.12. The summed E-state index contributed by atoms with van der Waals surface area (Å²) in [5.74, 6) is -1.93. The second kappa shape index (κ2) is 9.53. The van der Waals surface area contributed by atoms with Crippen molar-refractivity contribution in [1.29, 1.82) is 0 Å². The van der Waals surface area contributed by atoms with Crippen molar-refractivity contribution in [3.8, 4) is 11.1 Å². The number of nitrogen functional groups attached to an aromatic ring is 1. The number of primary sulfonamides is 1. The molecule has 166 valence electrons. The second-order valence-corrected chi connectivity index (χ2v) is 10.2. The largest absolute Gasteiger partial charge is 0.398 e. The van der Waals surface area contributed by atoms with Crippen LogP contribution in [0.5, 0.6) is 0 Å². The van der Waals surface area contributed by atoms with Gasteiger partial charge in [0.1, 0.15) is 0 Å². The van der Waals surface area contributed by atoms with Crippen LogP contribution in [0.2, 0.25) is 0 Å². The third-order valence-corrected chi connectivity index (χ3v) is 6.79. The van der Waals surface area contributed by atoms with Gasteiger partial charge in [-0.05, 0) is 70.4 Å². The minimum atomic E-state index is -3.93. The third kappa shape index (κ3) is 5.26. The summed E-state index contributed by atoms with van der Waals surface area (Å²) in [7, 11) is -3.93.